The van der Waals surface area contributed by atoms with Gasteiger partial charge in [-0.15, -0.1) is 11.3 Å². The van der Waals surface area contributed by atoms with E-state index in [1.54, 1.807) is 0 Å². The van der Waals surface area contributed by atoms with Gasteiger partial charge in [0.15, 0.2) is 16.1 Å². The summed E-state index contributed by atoms with van der Waals surface area (Å²) in [6, 6.07) is 96.9. The highest BCUT2D eigenvalue weighted by Gasteiger charge is 2.45. The molecule has 1 heterocycles. The molecule has 0 spiro atoms. The third-order valence-electron chi connectivity index (χ3n) is 13.6. The lowest BCUT2D eigenvalue weighted by atomic mass is 9.94. The smallest absolute Gasteiger partial charge is 0.135 e. The molecular weight excluding hydrogens is 809 g/mol. The molecule has 0 aliphatic heterocycles. The highest BCUT2D eigenvalue weighted by molar-refractivity contribution is 7.30. The molecule has 296 valence electrons. The summed E-state index contributed by atoms with van der Waals surface area (Å²) in [4.78, 5) is 0. The van der Waals surface area contributed by atoms with Crippen LogP contribution in [0.4, 0.5) is 0 Å². The van der Waals surface area contributed by atoms with Gasteiger partial charge in [0.1, 0.15) is 0 Å². The maximum absolute atomic E-state index is 2.94. The summed E-state index contributed by atoms with van der Waals surface area (Å²) < 4.78 is 2.72. The molecule has 0 bridgehead atoms. The maximum atomic E-state index is 2.55. The van der Waals surface area contributed by atoms with Crippen molar-refractivity contribution in [3.63, 3.8) is 0 Å². The van der Waals surface area contributed by atoms with Crippen molar-refractivity contribution in [2.75, 3.05) is 0 Å². The third-order valence-corrected chi connectivity index (χ3v) is 24.6. The Labute approximate surface area is 374 Å². The molecule has 0 nitrogen and oxygen atoms in total. The lowest BCUT2D eigenvalue weighted by molar-refractivity contribution is 1.67. The Bertz CT molecular complexity index is 3490. The van der Waals surface area contributed by atoms with Gasteiger partial charge in [0, 0.05) is 20.2 Å². The predicted molar refractivity (Wildman–Crippen MR) is 279 cm³/mol. The van der Waals surface area contributed by atoms with E-state index < -0.39 is 16.1 Å². The van der Waals surface area contributed by atoms with Gasteiger partial charge < -0.3 is 0 Å². The molecule has 0 amide bonds. The summed E-state index contributed by atoms with van der Waals surface area (Å²) in [7, 11) is -5.85. The van der Waals surface area contributed by atoms with Crippen molar-refractivity contribution in [1.82, 2.24) is 0 Å². The second kappa shape index (κ2) is 15.3. The maximum Gasteiger partial charge on any atom is 0.181 e. The second-order valence-electron chi connectivity index (χ2n) is 16.7. The fraction of sp³-hybridized carbons (Fsp3) is 0. The average Bonchev–Trinajstić information content (AvgIpc) is 3.76. The Balaban J connectivity index is 1.17. The van der Waals surface area contributed by atoms with Gasteiger partial charge in [0.2, 0.25) is 0 Å². The molecule has 0 aliphatic rings. The molecule has 0 aliphatic carbocycles. The van der Waals surface area contributed by atoms with E-state index in [0.717, 1.165) is 0 Å². The standard InChI is InChI=1S/C60H42SSi2/c1-5-20-43(21-6-1)62(44-22-7-2-8-23-44,49-40-41-54-52-30-14-13-28-50(52)51-29-15-16-31-53(51)57(54)42-49)47-36-38-48(39-37-47)63(45-24-9-3-10-25-45,46-26-11-4-12-27-46)59-35-19-33-56-55-32-17-18-34-58(55)61-60(56)59/h1-42H. The van der Waals surface area contributed by atoms with Crippen molar-refractivity contribution < 1.29 is 0 Å². The fourth-order valence-electron chi connectivity index (χ4n) is 10.9. The van der Waals surface area contributed by atoms with Gasteiger partial charge in [-0.1, -0.05) is 249 Å². The van der Waals surface area contributed by atoms with E-state index in [9.17, 15) is 0 Å². The summed E-state index contributed by atoms with van der Waals surface area (Å²) in [6.07, 6.45) is 0. The van der Waals surface area contributed by atoms with E-state index in [4.69, 9.17) is 0 Å². The van der Waals surface area contributed by atoms with Crippen molar-refractivity contribution in [3.8, 4) is 0 Å². The van der Waals surface area contributed by atoms with Crippen LogP contribution < -0.4 is 41.5 Å². The topological polar surface area (TPSA) is 0 Å². The molecular formula is C60H42SSi2. The minimum Gasteiger partial charge on any atom is -0.135 e. The van der Waals surface area contributed by atoms with Crippen LogP contribution in [0.1, 0.15) is 0 Å². The van der Waals surface area contributed by atoms with Gasteiger partial charge in [-0.3, -0.25) is 0 Å². The SMILES string of the molecule is c1ccc([Si](c2ccccc2)(c2ccc([Si](c3ccccc3)(c3ccccc3)c3cccc4c3sc3ccccc34)cc2)c2ccc3c4ccccc4c4ccccc4c3c2)cc1. The molecule has 0 saturated carbocycles. The molecule has 0 N–H and O–H groups in total. The van der Waals surface area contributed by atoms with E-state index in [-0.39, 0.29) is 0 Å². The first-order valence-electron chi connectivity index (χ1n) is 21.8. The molecule has 12 aromatic rings. The van der Waals surface area contributed by atoms with Crippen LogP contribution >= 0.6 is 11.3 Å². The van der Waals surface area contributed by atoms with Crippen LogP contribution in [0.3, 0.4) is 0 Å². The quantitative estimate of drug-likeness (QED) is 0.0812. The largest absolute Gasteiger partial charge is 0.181 e. The van der Waals surface area contributed by atoms with Gasteiger partial charge in [-0.2, -0.15) is 0 Å². The minimum atomic E-state index is -2.94. The van der Waals surface area contributed by atoms with Crippen molar-refractivity contribution in [2.24, 2.45) is 0 Å². The molecule has 0 unspecified atom stereocenters. The highest BCUT2D eigenvalue weighted by Crippen LogP contribution is 2.36. The number of fused-ring (bicyclic) bond motifs is 9. The van der Waals surface area contributed by atoms with E-state index in [0.29, 0.717) is 0 Å². The molecule has 11 aromatic carbocycles. The van der Waals surface area contributed by atoms with Gasteiger partial charge in [-0.05, 0) is 79.9 Å². The fourth-order valence-corrected chi connectivity index (χ4v) is 22.2. The summed E-state index contributed by atoms with van der Waals surface area (Å²) in [5.74, 6) is 0. The molecule has 0 saturated heterocycles. The van der Waals surface area contributed by atoms with Gasteiger partial charge in [-0.25, -0.2) is 0 Å². The molecule has 63 heavy (non-hydrogen) atoms. The first-order valence-corrected chi connectivity index (χ1v) is 26.7. The van der Waals surface area contributed by atoms with E-state index in [2.05, 4.69) is 255 Å². The van der Waals surface area contributed by atoms with Crippen LogP contribution in [0, 0.1) is 0 Å². The Kier molecular flexibility index (Phi) is 9.15. The Morgan fingerprint density at radius 3 is 1.08 bits per heavy atom. The summed E-state index contributed by atoms with van der Waals surface area (Å²) in [5, 5.41) is 21.6. The van der Waals surface area contributed by atoms with Gasteiger partial charge in [0.25, 0.3) is 0 Å². The van der Waals surface area contributed by atoms with E-state index >= 15 is 0 Å². The Morgan fingerprint density at radius 2 is 0.571 bits per heavy atom. The zero-order valence-electron chi connectivity index (χ0n) is 34.7. The van der Waals surface area contributed by atoms with Crippen molar-refractivity contribution >= 4 is 121 Å². The number of hydrogen-bond acceptors (Lipinski definition) is 1. The lowest BCUT2D eigenvalue weighted by Crippen LogP contribution is -2.76. The predicted octanol–water partition coefficient (Wildman–Crippen LogP) is 10.3. The van der Waals surface area contributed by atoms with E-state index in [1.807, 2.05) is 11.3 Å². The number of benzene rings is 11. The zero-order valence-corrected chi connectivity index (χ0v) is 37.5. The minimum absolute atomic E-state index is 1.30. The molecule has 0 fully saturated rings. The second-order valence-corrected chi connectivity index (χ2v) is 25.3. The van der Waals surface area contributed by atoms with Crippen LogP contribution in [0.15, 0.2) is 255 Å². The monoisotopic (exact) mass is 850 g/mol. The third kappa shape index (κ3) is 5.78. The highest BCUT2D eigenvalue weighted by atomic mass is 32.1. The number of rotatable bonds is 8. The molecule has 1 aromatic heterocycles. The van der Waals surface area contributed by atoms with Gasteiger partial charge >= 0.3 is 0 Å². The Morgan fingerprint density at radius 1 is 0.222 bits per heavy atom. The summed E-state index contributed by atoms with van der Waals surface area (Å²) >= 11 is 1.94. The molecule has 0 radical (unpaired) electrons. The normalized spacial score (nSPS) is 12.1. The van der Waals surface area contributed by atoms with E-state index in [1.165, 1.54) is 94.0 Å². The average molecular weight is 851 g/mol. The van der Waals surface area contributed by atoms with Crippen LogP contribution in [0.2, 0.25) is 0 Å². The first kappa shape index (κ1) is 37.6. The summed E-state index contributed by atoms with van der Waals surface area (Å²) in [6.45, 7) is 0. The zero-order chi connectivity index (χ0) is 41.8. The van der Waals surface area contributed by atoms with Crippen LogP contribution in [-0.2, 0) is 0 Å². The Hall–Kier alpha value is -7.15. The van der Waals surface area contributed by atoms with Crippen LogP contribution in [-0.4, -0.2) is 16.1 Å². The van der Waals surface area contributed by atoms with Gasteiger partial charge in [0.05, 0.1) is 0 Å². The molecule has 12 rings (SSSR count). The lowest BCUT2D eigenvalue weighted by Gasteiger charge is -2.37. The van der Waals surface area contributed by atoms with Crippen molar-refractivity contribution in [3.05, 3.63) is 255 Å². The van der Waals surface area contributed by atoms with Crippen LogP contribution in [0.5, 0.6) is 0 Å². The molecule has 3 heteroatoms. The van der Waals surface area contributed by atoms with Crippen molar-refractivity contribution in [1.29, 1.82) is 0 Å². The number of hydrogen-bond donors (Lipinski definition) is 0. The molecule has 0 atom stereocenters. The first-order chi connectivity index (χ1) is 31.3. The van der Waals surface area contributed by atoms with Crippen LogP contribution in [0.25, 0.3) is 52.5 Å². The summed E-state index contributed by atoms with van der Waals surface area (Å²) in [5.41, 5.74) is 0. The van der Waals surface area contributed by atoms with Crippen molar-refractivity contribution in [2.45, 2.75) is 0 Å². The number of thiophene rings is 1.